The molecule has 102 valence electrons. The van der Waals surface area contributed by atoms with Crippen molar-refractivity contribution in [2.45, 2.75) is 39.3 Å². The zero-order valence-corrected chi connectivity index (χ0v) is 12.2. The first-order valence-electron chi connectivity index (χ1n) is 6.32. The molecule has 1 aromatic heterocycles. The topological polar surface area (TPSA) is 31.2 Å². The number of carbonyl (C=O) groups is 1. The van der Waals surface area contributed by atoms with Crippen molar-refractivity contribution in [3.63, 3.8) is 0 Å². The normalized spacial score (nSPS) is 11.8. The Balaban J connectivity index is 2.07. The molecule has 2 rings (SSSR count). The third kappa shape index (κ3) is 3.51. The van der Waals surface area contributed by atoms with Gasteiger partial charge in [-0.2, -0.15) is 0 Å². The van der Waals surface area contributed by atoms with Crippen molar-refractivity contribution in [1.82, 2.24) is 4.57 Å². The number of ether oxygens (including phenoxy) is 1. The quantitative estimate of drug-likeness (QED) is 0.795. The average molecular weight is 280 g/mol. The largest absolute Gasteiger partial charge is 0.460 e. The highest BCUT2D eigenvalue weighted by molar-refractivity contribution is 6.35. The van der Waals surface area contributed by atoms with E-state index < -0.39 is 5.60 Å². The van der Waals surface area contributed by atoms with Crippen LogP contribution in [-0.2, 0) is 16.1 Å². The second-order valence-electron chi connectivity index (χ2n) is 5.52. The fraction of sp³-hybridized carbons (Fsp3) is 0.400. The van der Waals surface area contributed by atoms with Gasteiger partial charge in [0.1, 0.15) is 5.60 Å². The lowest BCUT2D eigenvalue weighted by molar-refractivity contribution is -0.155. The molecule has 0 fully saturated rings. The lowest BCUT2D eigenvalue weighted by Crippen LogP contribution is -2.24. The summed E-state index contributed by atoms with van der Waals surface area (Å²) in [5, 5.41) is 1.74. The molecule has 0 aliphatic rings. The summed E-state index contributed by atoms with van der Waals surface area (Å²) in [5.41, 5.74) is 0.607. The first-order chi connectivity index (χ1) is 8.87. The van der Waals surface area contributed by atoms with Gasteiger partial charge in [-0.15, -0.1) is 0 Å². The molecule has 1 heterocycles. The Morgan fingerprint density at radius 3 is 2.74 bits per heavy atom. The third-order valence-electron chi connectivity index (χ3n) is 2.74. The molecular formula is C15H18ClNO2. The number of aryl methyl sites for hydroxylation is 1. The summed E-state index contributed by atoms with van der Waals surface area (Å²) >= 11 is 6.12. The molecule has 0 aliphatic heterocycles. The van der Waals surface area contributed by atoms with Gasteiger partial charge in [0, 0.05) is 28.7 Å². The number of aromatic nitrogens is 1. The van der Waals surface area contributed by atoms with Crippen LogP contribution in [0.5, 0.6) is 0 Å². The number of fused-ring (bicyclic) bond motifs is 1. The minimum absolute atomic E-state index is 0.184. The summed E-state index contributed by atoms with van der Waals surface area (Å²) in [6, 6.07) is 7.74. The Labute approximate surface area is 118 Å². The number of halogens is 1. The second-order valence-corrected chi connectivity index (χ2v) is 5.93. The van der Waals surface area contributed by atoms with Crippen LogP contribution in [0.25, 0.3) is 10.9 Å². The molecule has 0 saturated carbocycles. The van der Waals surface area contributed by atoms with Gasteiger partial charge in [0.15, 0.2) is 0 Å². The van der Waals surface area contributed by atoms with E-state index in [4.69, 9.17) is 16.3 Å². The summed E-state index contributed by atoms with van der Waals surface area (Å²) in [7, 11) is 0. The zero-order valence-electron chi connectivity index (χ0n) is 11.4. The van der Waals surface area contributed by atoms with Crippen LogP contribution in [0, 0.1) is 0 Å². The summed E-state index contributed by atoms with van der Waals surface area (Å²) in [6.07, 6.45) is 2.30. The van der Waals surface area contributed by atoms with Gasteiger partial charge in [0.05, 0.1) is 6.42 Å². The molecule has 0 spiro atoms. The van der Waals surface area contributed by atoms with Gasteiger partial charge >= 0.3 is 5.97 Å². The van der Waals surface area contributed by atoms with E-state index in [9.17, 15) is 4.79 Å². The molecule has 0 bridgehead atoms. The predicted molar refractivity (Wildman–Crippen MR) is 77.4 cm³/mol. The molecule has 0 saturated heterocycles. The number of hydrogen-bond donors (Lipinski definition) is 0. The molecule has 1 aromatic carbocycles. The Kier molecular flexibility index (Phi) is 3.85. The molecule has 0 atom stereocenters. The zero-order chi connectivity index (χ0) is 14.0. The van der Waals surface area contributed by atoms with Gasteiger partial charge < -0.3 is 9.30 Å². The molecule has 2 aromatic rings. The standard InChI is InChI=1S/C15H18ClNO2/c1-15(2,3)19-14(18)8-10-17-9-7-11-12(16)5-4-6-13(11)17/h4-7,9H,8,10H2,1-3H3. The van der Waals surface area contributed by atoms with Gasteiger partial charge in [0.25, 0.3) is 0 Å². The summed E-state index contributed by atoms with van der Waals surface area (Å²) in [5.74, 6) is -0.184. The van der Waals surface area contributed by atoms with Crippen LogP contribution in [0.4, 0.5) is 0 Å². The first-order valence-corrected chi connectivity index (χ1v) is 6.70. The molecule has 0 unspecified atom stereocenters. The van der Waals surface area contributed by atoms with E-state index >= 15 is 0 Å². The Hall–Kier alpha value is -1.48. The van der Waals surface area contributed by atoms with E-state index in [1.165, 1.54) is 0 Å². The van der Waals surface area contributed by atoms with Crippen LogP contribution >= 0.6 is 11.6 Å². The minimum atomic E-state index is -0.431. The molecule has 4 heteroatoms. The van der Waals surface area contributed by atoms with Gasteiger partial charge in [-0.05, 0) is 39.0 Å². The number of rotatable bonds is 3. The summed E-state index contributed by atoms with van der Waals surface area (Å²) < 4.78 is 7.31. The number of nitrogens with zero attached hydrogens (tertiary/aromatic N) is 1. The second kappa shape index (κ2) is 5.25. The van der Waals surface area contributed by atoms with Crippen molar-refractivity contribution in [1.29, 1.82) is 0 Å². The Bertz CT molecular complexity index is 596. The van der Waals surface area contributed by atoms with Crippen LogP contribution < -0.4 is 0 Å². The van der Waals surface area contributed by atoms with Crippen molar-refractivity contribution >= 4 is 28.5 Å². The maximum Gasteiger partial charge on any atom is 0.308 e. The van der Waals surface area contributed by atoms with E-state index in [1.807, 2.05) is 55.8 Å². The van der Waals surface area contributed by atoms with Crippen LogP contribution in [0.15, 0.2) is 30.5 Å². The summed E-state index contributed by atoms with van der Waals surface area (Å²) in [4.78, 5) is 11.7. The number of benzene rings is 1. The molecular weight excluding hydrogens is 262 g/mol. The van der Waals surface area contributed by atoms with Gasteiger partial charge in [0.2, 0.25) is 0 Å². The fourth-order valence-corrected chi connectivity index (χ4v) is 2.22. The van der Waals surface area contributed by atoms with Gasteiger partial charge in [-0.1, -0.05) is 17.7 Å². The SMILES string of the molecule is CC(C)(C)OC(=O)CCn1ccc2c(Cl)cccc21. The number of esters is 1. The van der Waals surface area contributed by atoms with E-state index in [-0.39, 0.29) is 5.97 Å². The summed E-state index contributed by atoms with van der Waals surface area (Å²) in [6.45, 7) is 6.21. The van der Waals surface area contributed by atoms with Crippen molar-refractivity contribution in [3.8, 4) is 0 Å². The lowest BCUT2D eigenvalue weighted by atomic mass is 10.2. The maximum atomic E-state index is 11.7. The van der Waals surface area contributed by atoms with E-state index in [0.717, 1.165) is 15.9 Å². The van der Waals surface area contributed by atoms with E-state index in [2.05, 4.69) is 0 Å². The minimum Gasteiger partial charge on any atom is -0.460 e. The molecule has 3 nitrogen and oxygen atoms in total. The highest BCUT2D eigenvalue weighted by atomic mass is 35.5. The van der Waals surface area contributed by atoms with Crippen molar-refractivity contribution in [2.75, 3.05) is 0 Å². The molecule has 0 N–H and O–H groups in total. The van der Waals surface area contributed by atoms with Crippen molar-refractivity contribution in [2.24, 2.45) is 0 Å². The highest BCUT2D eigenvalue weighted by Crippen LogP contribution is 2.24. The van der Waals surface area contributed by atoms with E-state index in [1.54, 1.807) is 0 Å². The first kappa shape index (κ1) is 13.9. The molecule has 19 heavy (non-hydrogen) atoms. The van der Waals surface area contributed by atoms with Gasteiger partial charge in [-0.25, -0.2) is 0 Å². The lowest BCUT2D eigenvalue weighted by Gasteiger charge is -2.19. The van der Waals surface area contributed by atoms with Crippen LogP contribution in [-0.4, -0.2) is 16.1 Å². The Morgan fingerprint density at radius 2 is 2.05 bits per heavy atom. The van der Waals surface area contributed by atoms with Crippen LogP contribution in [0.3, 0.4) is 0 Å². The van der Waals surface area contributed by atoms with Crippen LogP contribution in [0.2, 0.25) is 5.02 Å². The number of hydrogen-bond acceptors (Lipinski definition) is 2. The van der Waals surface area contributed by atoms with Crippen LogP contribution in [0.1, 0.15) is 27.2 Å². The third-order valence-corrected chi connectivity index (χ3v) is 3.07. The van der Waals surface area contributed by atoms with Crippen molar-refractivity contribution in [3.05, 3.63) is 35.5 Å². The predicted octanol–water partition coefficient (Wildman–Crippen LogP) is 4.03. The van der Waals surface area contributed by atoms with E-state index in [0.29, 0.717) is 13.0 Å². The Morgan fingerprint density at radius 1 is 1.32 bits per heavy atom. The average Bonchev–Trinajstić information content (AvgIpc) is 2.69. The van der Waals surface area contributed by atoms with Crippen molar-refractivity contribution < 1.29 is 9.53 Å². The highest BCUT2D eigenvalue weighted by Gasteiger charge is 2.16. The monoisotopic (exact) mass is 279 g/mol. The smallest absolute Gasteiger partial charge is 0.308 e. The molecule has 0 aliphatic carbocycles. The maximum absolute atomic E-state index is 11.7. The molecule has 0 radical (unpaired) electrons. The fourth-order valence-electron chi connectivity index (χ4n) is 1.99. The number of carbonyl (C=O) groups excluding carboxylic acids is 1. The van der Waals surface area contributed by atoms with Gasteiger partial charge in [-0.3, -0.25) is 4.79 Å². The molecule has 0 amide bonds.